The van der Waals surface area contributed by atoms with Crippen LogP contribution in [0.1, 0.15) is 27.3 Å². The summed E-state index contributed by atoms with van der Waals surface area (Å²) in [4.78, 5) is 15.5. The molecule has 1 aromatic heterocycles. The Labute approximate surface area is 134 Å². The molecule has 1 aliphatic heterocycles. The molecule has 2 heterocycles. The number of nitrogens with one attached hydrogen (secondary N) is 2. The number of aromatic amines is 1. The van der Waals surface area contributed by atoms with Crippen molar-refractivity contribution in [3.05, 3.63) is 46.8 Å². The molecular weight excluding hydrogens is 296 g/mol. The number of carbonyl (C=O) groups is 1. The van der Waals surface area contributed by atoms with Crippen molar-refractivity contribution in [2.24, 2.45) is 0 Å². The Morgan fingerprint density at radius 1 is 1.50 bits per heavy atom. The number of fused-ring (bicyclic) bond motifs is 1. The maximum atomic E-state index is 11.9. The zero-order valence-corrected chi connectivity index (χ0v) is 13.7. The van der Waals surface area contributed by atoms with Crippen LogP contribution < -0.4 is 5.32 Å². The lowest BCUT2D eigenvalue weighted by atomic mass is 10.0. The minimum absolute atomic E-state index is 0.122. The molecule has 0 atom stereocenters. The first-order chi connectivity index (χ1) is 10.7. The number of aromatic nitrogens is 2. The van der Waals surface area contributed by atoms with E-state index in [0.29, 0.717) is 5.69 Å². The van der Waals surface area contributed by atoms with Crippen LogP contribution in [0.15, 0.2) is 29.2 Å². The van der Waals surface area contributed by atoms with Gasteiger partial charge in [-0.2, -0.15) is 5.10 Å². The Morgan fingerprint density at radius 2 is 2.36 bits per heavy atom. The van der Waals surface area contributed by atoms with Crippen LogP contribution in [0.3, 0.4) is 0 Å². The number of carbonyl (C=O) groups excluding carboxylic acids is 1. The Hall–Kier alpha value is -1.79. The predicted molar refractivity (Wildman–Crippen MR) is 88.0 cm³/mol. The van der Waals surface area contributed by atoms with Gasteiger partial charge in [-0.05, 0) is 24.0 Å². The van der Waals surface area contributed by atoms with Gasteiger partial charge in [-0.1, -0.05) is 12.1 Å². The average molecular weight is 316 g/mol. The zero-order chi connectivity index (χ0) is 15.5. The summed E-state index contributed by atoms with van der Waals surface area (Å²) in [5.41, 5.74) is 3.96. The van der Waals surface area contributed by atoms with E-state index in [4.69, 9.17) is 0 Å². The molecule has 0 bridgehead atoms. The molecule has 22 heavy (non-hydrogen) atoms. The van der Waals surface area contributed by atoms with Gasteiger partial charge in [0.05, 0.1) is 0 Å². The SMILES string of the molecule is CNC(=O)c1n[nH]c2c1CN(Cc1cccc(SC)c1)CC2. The highest BCUT2D eigenvalue weighted by Crippen LogP contribution is 2.23. The fourth-order valence-electron chi connectivity index (χ4n) is 2.82. The first-order valence-electron chi connectivity index (χ1n) is 7.34. The molecule has 5 nitrogen and oxygen atoms in total. The van der Waals surface area contributed by atoms with E-state index in [2.05, 4.69) is 50.9 Å². The molecule has 0 fully saturated rings. The number of thioether (sulfide) groups is 1. The monoisotopic (exact) mass is 316 g/mol. The Bertz CT molecular complexity index is 683. The average Bonchev–Trinajstić information content (AvgIpc) is 2.97. The van der Waals surface area contributed by atoms with Crippen molar-refractivity contribution < 1.29 is 4.79 Å². The maximum absolute atomic E-state index is 11.9. The lowest BCUT2D eigenvalue weighted by Gasteiger charge is -2.27. The second kappa shape index (κ2) is 6.54. The van der Waals surface area contributed by atoms with Crippen molar-refractivity contribution in [3.63, 3.8) is 0 Å². The van der Waals surface area contributed by atoms with Crippen LogP contribution in [-0.4, -0.2) is 40.9 Å². The van der Waals surface area contributed by atoms with Crippen molar-refractivity contribution in [2.75, 3.05) is 19.8 Å². The normalized spacial score (nSPS) is 14.6. The largest absolute Gasteiger partial charge is 0.354 e. The highest BCUT2D eigenvalue weighted by molar-refractivity contribution is 7.98. The zero-order valence-electron chi connectivity index (χ0n) is 12.8. The van der Waals surface area contributed by atoms with E-state index in [9.17, 15) is 4.79 Å². The third-order valence-corrected chi connectivity index (χ3v) is 4.72. The van der Waals surface area contributed by atoms with Gasteiger partial charge in [0.15, 0.2) is 5.69 Å². The fourth-order valence-corrected chi connectivity index (χ4v) is 3.31. The molecular formula is C16H20N4OS. The van der Waals surface area contributed by atoms with Gasteiger partial charge >= 0.3 is 0 Å². The van der Waals surface area contributed by atoms with Crippen LogP contribution in [0.2, 0.25) is 0 Å². The third kappa shape index (κ3) is 3.03. The van der Waals surface area contributed by atoms with E-state index in [0.717, 1.165) is 37.3 Å². The number of rotatable bonds is 4. The van der Waals surface area contributed by atoms with Gasteiger partial charge in [0, 0.05) is 49.3 Å². The van der Waals surface area contributed by atoms with Crippen LogP contribution in [-0.2, 0) is 19.5 Å². The third-order valence-electron chi connectivity index (χ3n) is 4.00. The first kappa shape index (κ1) is 15.1. The molecule has 1 aromatic carbocycles. The van der Waals surface area contributed by atoms with E-state index in [1.165, 1.54) is 10.5 Å². The summed E-state index contributed by atoms with van der Waals surface area (Å²) in [6.07, 6.45) is 2.99. The molecule has 0 radical (unpaired) electrons. The van der Waals surface area contributed by atoms with E-state index < -0.39 is 0 Å². The molecule has 116 valence electrons. The van der Waals surface area contributed by atoms with Crippen molar-refractivity contribution >= 4 is 17.7 Å². The maximum Gasteiger partial charge on any atom is 0.271 e. The summed E-state index contributed by atoms with van der Waals surface area (Å²) in [6, 6.07) is 8.62. The van der Waals surface area contributed by atoms with E-state index in [1.54, 1.807) is 18.8 Å². The quantitative estimate of drug-likeness (QED) is 0.848. The summed E-state index contributed by atoms with van der Waals surface area (Å²) in [5, 5.41) is 9.83. The standard InChI is InChI=1S/C16H20N4OS/c1-17-16(21)15-13-10-20(7-6-14(13)18-19-15)9-11-4-3-5-12(8-11)22-2/h3-5,8H,6-7,9-10H2,1-2H3,(H,17,21)(H,18,19). The summed E-state index contributed by atoms with van der Waals surface area (Å²) in [5.74, 6) is -0.122. The smallest absolute Gasteiger partial charge is 0.271 e. The van der Waals surface area contributed by atoms with Crippen LogP contribution in [0.5, 0.6) is 0 Å². The fraction of sp³-hybridized carbons (Fsp3) is 0.375. The van der Waals surface area contributed by atoms with E-state index >= 15 is 0 Å². The minimum Gasteiger partial charge on any atom is -0.354 e. The van der Waals surface area contributed by atoms with Crippen LogP contribution in [0, 0.1) is 0 Å². The highest BCUT2D eigenvalue weighted by Gasteiger charge is 2.24. The van der Waals surface area contributed by atoms with Crippen LogP contribution in [0.4, 0.5) is 0 Å². The lowest BCUT2D eigenvalue weighted by molar-refractivity contribution is 0.0955. The van der Waals surface area contributed by atoms with Gasteiger partial charge in [0.2, 0.25) is 0 Å². The van der Waals surface area contributed by atoms with Crippen LogP contribution in [0.25, 0.3) is 0 Å². The van der Waals surface area contributed by atoms with Gasteiger partial charge in [0.1, 0.15) is 0 Å². The van der Waals surface area contributed by atoms with E-state index in [1.807, 2.05) is 0 Å². The molecule has 0 aliphatic carbocycles. The first-order valence-corrected chi connectivity index (χ1v) is 8.57. The van der Waals surface area contributed by atoms with Gasteiger partial charge in [-0.3, -0.25) is 14.8 Å². The van der Waals surface area contributed by atoms with Crippen LogP contribution >= 0.6 is 11.8 Å². The van der Waals surface area contributed by atoms with Gasteiger partial charge < -0.3 is 5.32 Å². The number of benzene rings is 1. The lowest BCUT2D eigenvalue weighted by Crippen LogP contribution is -2.31. The summed E-state index contributed by atoms with van der Waals surface area (Å²) in [7, 11) is 1.64. The molecule has 2 N–H and O–H groups in total. The Kier molecular flexibility index (Phi) is 4.49. The number of nitrogens with zero attached hydrogens (tertiary/aromatic N) is 2. The molecule has 3 rings (SSSR count). The van der Waals surface area contributed by atoms with Crippen molar-refractivity contribution in [1.29, 1.82) is 0 Å². The van der Waals surface area contributed by atoms with Gasteiger partial charge in [0.25, 0.3) is 5.91 Å². The number of hydrogen-bond donors (Lipinski definition) is 2. The van der Waals surface area contributed by atoms with Crippen molar-refractivity contribution in [3.8, 4) is 0 Å². The Balaban J connectivity index is 1.76. The topological polar surface area (TPSA) is 61.0 Å². The van der Waals surface area contributed by atoms with E-state index in [-0.39, 0.29) is 5.91 Å². The minimum atomic E-state index is -0.122. The summed E-state index contributed by atoms with van der Waals surface area (Å²) >= 11 is 1.76. The number of H-pyrrole nitrogens is 1. The molecule has 0 saturated heterocycles. The summed E-state index contributed by atoms with van der Waals surface area (Å²) < 4.78 is 0. The molecule has 0 spiro atoms. The van der Waals surface area contributed by atoms with Crippen molar-refractivity contribution in [2.45, 2.75) is 24.4 Å². The number of amides is 1. The molecule has 2 aromatic rings. The predicted octanol–water partition coefficient (Wildman–Crippen LogP) is 2.05. The molecule has 0 saturated carbocycles. The second-order valence-electron chi connectivity index (χ2n) is 5.42. The van der Waals surface area contributed by atoms with Crippen molar-refractivity contribution in [1.82, 2.24) is 20.4 Å². The highest BCUT2D eigenvalue weighted by atomic mass is 32.2. The van der Waals surface area contributed by atoms with Gasteiger partial charge in [-0.15, -0.1) is 11.8 Å². The second-order valence-corrected chi connectivity index (χ2v) is 6.30. The molecule has 1 aliphatic rings. The molecule has 6 heteroatoms. The molecule has 1 amide bonds. The Morgan fingerprint density at radius 3 is 3.14 bits per heavy atom. The summed E-state index contributed by atoms with van der Waals surface area (Å²) in [6.45, 7) is 2.64. The number of hydrogen-bond acceptors (Lipinski definition) is 4. The van der Waals surface area contributed by atoms with Gasteiger partial charge in [-0.25, -0.2) is 0 Å². The molecule has 0 unspecified atom stereocenters.